The molecule has 1 aromatic rings. The van der Waals surface area contributed by atoms with E-state index in [1.165, 1.54) is 50.9 Å². The second-order valence-corrected chi connectivity index (χ2v) is 6.38. The van der Waals surface area contributed by atoms with Crippen LogP contribution in [-0.4, -0.2) is 37.6 Å². The Balaban J connectivity index is 1.79. The van der Waals surface area contributed by atoms with Crippen LogP contribution in [0.2, 0.25) is 0 Å². The van der Waals surface area contributed by atoms with Gasteiger partial charge in [0, 0.05) is 38.1 Å². The van der Waals surface area contributed by atoms with Crippen LogP contribution < -0.4 is 5.32 Å². The van der Waals surface area contributed by atoms with Gasteiger partial charge in [0.1, 0.15) is 0 Å². The van der Waals surface area contributed by atoms with Crippen molar-refractivity contribution < 1.29 is 0 Å². The Morgan fingerprint density at radius 2 is 1.68 bits per heavy atom. The van der Waals surface area contributed by atoms with Crippen LogP contribution in [0.5, 0.6) is 0 Å². The second-order valence-electron chi connectivity index (χ2n) is 6.38. The average molecular weight is 258 g/mol. The van der Waals surface area contributed by atoms with Gasteiger partial charge in [0.2, 0.25) is 0 Å². The zero-order chi connectivity index (χ0) is 13.1. The van der Waals surface area contributed by atoms with Crippen molar-refractivity contribution in [2.24, 2.45) is 0 Å². The fourth-order valence-corrected chi connectivity index (χ4v) is 3.79. The van der Waals surface area contributed by atoms with Gasteiger partial charge in [-0.3, -0.25) is 4.90 Å². The largest absolute Gasteiger partial charge is 0.314 e. The summed E-state index contributed by atoms with van der Waals surface area (Å²) < 4.78 is 0. The standard InChI is InChI=1S/C17H26N2/c1-15-4-6-16(7-5-15)17(8-2-3-9-17)14-19-12-10-18-11-13-19/h4-7,18H,2-3,8-14H2,1H3. The molecule has 19 heavy (non-hydrogen) atoms. The van der Waals surface area contributed by atoms with Gasteiger partial charge in [-0.25, -0.2) is 0 Å². The maximum Gasteiger partial charge on any atom is 0.0108 e. The Morgan fingerprint density at radius 3 is 2.32 bits per heavy atom. The molecule has 2 heteroatoms. The third-order valence-electron chi connectivity index (χ3n) is 4.96. The summed E-state index contributed by atoms with van der Waals surface area (Å²) in [5, 5.41) is 3.46. The van der Waals surface area contributed by atoms with Crippen molar-refractivity contribution >= 4 is 0 Å². The zero-order valence-corrected chi connectivity index (χ0v) is 12.1. The zero-order valence-electron chi connectivity index (χ0n) is 12.1. The minimum absolute atomic E-state index is 0.436. The summed E-state index contributed by atoms with van der Waals surface area (Å²) in [7, 11) is 0. The Labute approximate surface area is 117 Å². The van der Waals surface area contributed by atoms with E-state index in [4.69, 9.17) is 0 Å². The maximum absolute atomic E-state index is 3.46. The van der Waals surface area contributed by atoms with E-state index in [0.29, 0.717) is 5.41 Å². The number of benzene rings is 1. The first-order valence-electron chi connectivity index (χ1n) is 7.79. The van der Waals surface area contributed by atoms with Gasteiger partial charge in [-0.05, 0) is 25.3 Å². The first-order chi connectivity index (χ1) is 9.28. The Kier molecular flexibility index (Phi) is 3.90. The van der Waals surface area contributed by atoms with Gasteiger partial charge >= 0.3 is 0 Å². The summed E-state index contributed by atoms with van der Waals surface area (Å²) in [4.78, 5) is 2.67. The molecule has 2 fully saturated rings. The van der Waals surface area contributed by atoms with E-state index in [2.05, 4.69) is 41.4 Å². The molecule has 1 saturated carbocycles. The molecule has 1 aliphatic carbocycles. The van der Waals surface area contributed by atoms with E-state index in [9.17, 15) is 0 Å². The number of hydrogen-bond acceptors (Lipinski definition) is 2. The lowest BCUT2D eigenvalue weighted by Crippen LogP contribution is -2.48. The molecule has 2 nitrogen and oxygen atoms in total. The van der Waals surface area contributed by atoms with Gasteiger partial charge in [0.15, 0.2) is 0 Å². The van der Waals surface area contributed by atoms with Crippen molar-refractivity contribution in [3.63, 3.8) is 0 Å². The smallest absolute Gasteiger partial charge is 0.0108 e. The highest BCUT2D eigenvalue weighted by molar-refractivity contribution is 5.30. The van der Waals surface area contributed by atoms with Gasteiger partial charge in [-0.1, -0.05) is 42.7 Å². The molecule has 1 heterocycles. The van der Waals surface area contributed by atoms with Crippen molar-refractivity contribution in [3.8, 4) is 0 Å². The molecule has 1 aliphatic heterocycles. The highest BCUT2D eigenvalue weighted by atomic mass is 15.2. The molecule has 1 saturated heterocycles. The number of nitrogens with zero attached hydrogens (tertiary/aromatic N) is 1. The van der Waals surface area contributed by atoms with Crippen molar-refractivity contribution in [1.82, 2.24) is 10.2 Å². The summed E-state index contributed by atoms with van der Waals surface area (Å²) in [5.74, 6) is 0. The number of piperazine rings is 1. The molecule has 104 valence electrons. The average Bonchev–Trinajstić information content (AvgIpc) is 2.90. The highest BCUT2D eigenvalue weighted by Gasteiger charge is 2.37. The molecule has 0 atom stereocenters. The normalized spacial score (nSPS) is 23.6. The van der Waals surface area contributed by atoms with E-state index in [1.54, 1.807) is 5.56 Å². The van der Waals surface area contributed by atoms with Crippen LogP contribution >= 0.6 is 0 Å². The quantitative estimate of drug-likeness (QED) is 0.897. The summed E-state index contributed by atoms with van der Waals surface area (Å²) in [6.45, 7) is 8.19. The summed E-state index contributed by atoms with van der Waals surface area (Å²) in [6.07, 6.45) is 5.56. The topological polar surface area (TPSA) is 15.3 Å². The number of hydrogen-bond donors (Lipinski definition) is 1. The summed E-state index contributed by atoms with van der Waals surface area (Å²) >= 11 is 0. The molecular weight excluding hydrogens is 232 g/mol. The van der Waals surface area contributed by atoms with Crippen LogP contribution in [0.15, 0.2) is 24.3 Å². The molecule has 3 rings (SSSR count). The second kappa shape index (κ2) is 5.64. The monoisotopic (exact) mass is 258 g/mol. The molecule has 1 N–H and O–H groups in total. The number of nitrogens with one attached hydrogen (secondary N) is 1. The first-order valence-corrected chi connectivity index (χ1v) is 7.79. The Bertz CT molecular complexity index is 398. The van der Waals surface area contributed by atoms with Crippen LogP contribution in [-0.2, 0) is 5.41 Å². The van der Waals surface area contributed by atoms with Crippen LogP contribution in [0.3, 0.4) is 0 Å². The van der Waals surface area contributed by atoms with E-state index in [1.807, 2.05) is 0 Å². The number of rotatable bonds is 3. The van der Waals surface area contributed by atoms with Crippen molar-refractivity contribution in [3.05, 3.63) is 35.4 Å². The Hall–Kier alpha value is -0.860. The molecule has 2 aliphatic rings. The van der Waals surface area contributed by atoms with Crippen LogP contribution in [0.1, 0.15) is 36.8 Å². The molecular formula is C17H26N2. The number of aryl methyl sites for hydroxylation is 1. The first kappa shape index (κ1) is 13.1. The minimum Gasteiger partial charge on any atom is -0.314 e. The van der Waals surface area contributed by atoms with Crippen LogP contribution in [0, 0.1) is 6.92 Å². The van der Waals surface area contributed by atoms with Gasteiger partial charge in [0.05, 0.1) is 0 Å². The summed E-state index contributed by atoms with van der Waals surface area (Å²) in [6, 6.07) is 9.33. The predicted octanol–water partition coefficient (Wildman–Crippen LogP) is 2.71. The van der Waals surface area contributed by atoms with Crippen LogP contribution in [0.4, 0.5) is 0 Å². The fraction of sp³-hybridized carbons (Fsp3) is 0.647. The van der Waals surface area contributed by atoms with E-state index in [-0.39, 0.29) is 0 Å². The predicted molar refractivity (Wildman–Crippen MR) is 80.6 cm³/mol. The fourth-order valence-electron chi connectivity index (χ4n) is 3.79. The Morgan fingerprint density at radius 1 is 1.05 bits per heavy atom. The highest BCUT2D eigenvalue weighted by Crippen LogP contribution is 2.41. The van der Waals surface area contributed by atoms with Crippen molar-refractivity contribution in [1.29, 1.82) is 0 Å². The van der Waals surface area contributed by atoms with E-state index in [0.717, 1.165) is 13.1 Å². The molecule has 0 bridgehead atoms. The molecule has 0 radical (unpaired) electrons. The van der Waals surface area contributed by atoms with E-state index >= 15 is 0 Å². The van der Waals surface area contributed by atoms with E-state index < -0.39 is 0 Å². The van der Waals surface area contributed by atoms with Gasteiger partial charge < -0.3 is 5.32 Å². The lowest BCUT2D eigenvalue weighted by atomic mass is 9.78. The third kappa shape index (κ3) is 2.85. The minimum atomic E-state index is 0.436. The lowest BCUT2D eigenvalue weighted by molar-refractivity contribution is 0.185. The molecule has 0 amide bonds. The van der Waals surface area contributed by atoms with Gasteiger partial charge in [0.25, 0.3) is 0 Å². The molecule has 0 unspecified atom stereocenters. The van der Waals surface area contributed by atoms with Crippen molar-refractivity contribution in [2.45, 2.75) is 38.0 Å². The molecule has 1 aromatic carbocycles. The molecule has 0 aromatic heterocycles. The lowest BCUT2D eigenvalue weighted by Gasteiger charge is -2.38. The SMILES string of the molecule is Cc1ccc(C2(CN3CCNCC3)CCCC2)cc1. The van der Waals surface area contributed by atoms with Gasteiger partial charge in [-0.15, -0.1) is 0 Å². The molecule has 0 spiro atoms. The summed E-state index contributed by atoms with van der Waals surface area (Å²) in [5.41, 5.74) is 3.39. The van der Waals surface area contributed by atoms with Gasteiger partial charge in [-0.2, -0.15) is 0 Å². The third-order valence-corrected chi connectivity index (χ3v) is 4.96. The van der Waals surface area contributed by atoms with Crippen LogP contribution in [0.25, 0.3) is 0 Å². The maximum atomic E-state index is 3.46. The van der Waals surface area contributed by atoms with Crippen molar-refractivity contribution in [2.75, 3.05) is 32.7 Å².